The number of phenols is 1. The quantitative estimate of drug-likeness (QED) is 0.773. The lowest BCUT2D eigenvalue weighted by Gasteiger charge is -2.11. The molecule has 3 rings (SSSR count). The first-order chi connectivity index (χ1) is 10.2. The summed E-state index contributed by atoms with van der Waals surface area (Å²) in [6.45, 7) is 0.281. The van der Waals surface area contributed by atoms with E-state index in [1.807, 2.05) is 6.07 Å². The fraction of sp³-hybridized carbons (Fsp3) is 0.0667. The highest BCUT2D eigenvalue weighted by Gasteiger charge is 2.07. The molecule has 0 aliphatic rings. The lowest BCUT2D eigenvalue weighted by Crippen LogP contribution is -2.06. The molecule has 0 fully saturated rings. The molecule has 1 aromatic carbocycles. The van der Waals surface area contributed by atoms with Crippen molar-refractivity contribution in [2.45, 2.75) is 6.54 Å². The molecule has 5 nitrogen and oxygen atoms in total. The summed E-state index contributed by atoms with van der Waals surface area (Å²) in [5.41, 5.74) is 1.22. The Morgan fingerprint density at radius 1 is 1.19 bits per heavy atom. The number of nitrogens with one attached hydrogen (secondary N) is 1. The highest BCUT2D eigenvalue weighted by molar-refractivity contribution is 5.56. The Labute approximate surface area is 120 Å². The second-order valence-electron chi connectivity index (χ2n) is 4.45. The number of benzene rings is 1. The number of nitrogens with zero attached hydrogens (tertiary/aromatic N) is 3. The van der Waals surface area contributed by atoms with Gasteiger partial charge in [0, 0.05) is 30.7 Å². The lowest BCUT2D eigenvalue weighted by molar-refractivity contribution is 0.466. The first kappa shape index (κ1) is 13.1. The van der Waals surface area contributed by atoms with Gasteiger partial charge in [-0.2, -0.15) is 5.10 Å². The smallest absolute Gasteiger partial charge is 0.176 e. The van der Waals surface area contributed by atoms with Crippen molar-refractivity contribution in [1.82, 2.24) is 14.8 Å². The van der Waals surface area contributed by atoms with Crippen LogP contribution in [0.15, 0.2) is 55.0 Å². The second-order valence-corrected chi connectivity index (χ2v) is 4.45. The van der Waals surface area contributed by atoms with E-state index in [2.05, 4.69) is 15.4 Å². The Kier molecular flexibility index (Phi) is 3.51. The summed E-state index contributed by atoms with van der Waals surface area (Å²) in [6.07, 6.45) is 5.12. The zero-order chi connectivity index (χ0) is 14.7. The van der Waals surface area contributed by atoms with Gasteiger partial charge in [-0.1, -0.05) is 0 Å². The molecule has 0 bridgehead atoms. The van der Waals surface area contributed by atoms with Crippen LogP contribution in [0.1, 0.15) is 5.56 Å². The molecule has 2 N–H and O–H groups in total. The fourth-order valence-corrected chi connectivity index (χ4v) is 2.00. The van der Waals surface area contributed by atoms with E-state index >= 15 is 0 Å². The molecular formula is C15H13FN4O. The van der Waals surface area contributed by atoms with E-state index in [4.69, 9.17) is 0 Å². The van der Waals surface area contributed by atoms with E-state index in [0.717, 1.165) is 5.69 Å². The molecule has 3 aromatic rings. The third-order valence-electron chi connectivity index (χ3n) is 3.02. The van der Waals surface area contributed by atoms with Crippen LogP contribution < -0.4 is 5.32 Å². The summed E-state index contributed by atoms with van der Waals surface area (Å²) in [6, 6.07) is 9.30. The summed E-state index contributed by atoms with van der Waals surface area (Å²) in [4.78, 5) is 4.27. The first-order valence-corrected chi connectivity index (χ1v) is 6.40. The van der Waals surface area contributed by atoms with E-state index in [9.17, 15) is 9.50 Å². The number of aromatic nitrogens is 3. The molecule has 0 radical (unpaired) electrons. The van der Waals surface area contributed by atoms with Gasteiger partial charge in [-0.25, -0.2) is 14.1 Å². The Morgan fingerprint density at radius 2 is 2.10 bits per heavy atom. The van der Waals surface area contributed by atoms with Crippen molar-refractivity contribution in [3.8, 4) is 11.6 Å². The Morgan fingerprint density at radius 3 is 2.90 bits per heavy atom. The maximum atomic E-state index is 13.2. The number of hydrogen-bond donors (Lipinski definition) is 2. The van der Waals surface area contributed by atoms with Crippen molar-refractivity contribution in [3.05, 3.63) is 66.4 Å². The predicted molar refractivity (Wildman–Crippen MR) is 76.8 cm³/mol. The number of rotatable bonds is 4. The third-order valence-corrected chi connectivity index (χ3v) is 3.02. The van der Waals surface area contributed by atoms with E-state index in [0.29, 0.717) is 11.4 Å². The van der Waals surface area contributed by atoms with Crippen molar-refractivity contribution in [1.29, 1.82) is 0 Å². The SMILES string of the molecule is Oc1ccc(F)cc1CNc1cccnc1-n1cccn1. The summed E-state index contributed by atoms with van der Waals surface area (Å²) >= 11 is 0. The van der Waals surface area contributed by atoms with Gasteiger partial charge < -0.3 is 10.4 Å². The number of hydrogen-bond acceptors (Lipinski definition) is 4. The minimum atomic E-state index is -0.386. The number of halogens is 1. The van der Waals surface area contributed by atoms with Gasteiger partial charge in [0.1, 0.15) is 11.6 Å². The van der Waals surface area contributed by atoms with Crippen LogP contribution in [0.25, 0.3) is 5.82 Å². The molecule has 2 aromatic heterocycles. The van der Waals surface area contributed by atoms with Crippen LogP contribution in [0, 0.1) is 5.82 Å². The van der Waals surface area contributed by atoms with Gasteiger partial charge in [0.05, 0.1) is 5.69 Å². The van der Waals surface area contributed by atoms with Crippen molar-refractivity contribution in [2.24, 2.45) is 0 Å². The first-order valence-electron chi connectivity index (χ1n) is 6.40. The largest absolute Gasteiger partial charge is 0.508 e. The summed E-state index contributed by atoms with van der Waals surface area (Å²) < 4.78 is 14.8. The molecule has 0 atom stereocenters. The zero-order valence-corrected chi connectivity index (χ0v) is 11.1. The van der Waals surface area contributed by atoms with Gasteiger partial charge in [-0.15, -0.1) is 0 Å². The highest BCUT2D eigenvalue weighted by Crippen LogP contribution is 2.21. The fourth-order valence-electron chi connectivity index (χ4n) is 2.00. The van der Waals surface area contributed by atoms with Gasteiger partial charge >= 0.3 is 0 Å². The zero-order valence-electron chi connectivity index (χ0n) is 11.1. The maximum absolute atomic E-state index is 13.2. The molecule has 21 heavy (non-hydrogen) atoms. The molecule has 0 saturated heterocycles. The van der Waals surface area contributed by atoms with Gasteiger partial charge in [0.2, 0.25) is 0 Å². The summed E-state index contributed by atoms with van der Waals surface area (Å²) in [5.74, 6) is 0.301. The molecule has 6 heteroatoms. The maximum Gasteiger partial charge on any atom is 0.176 e. The molecule has 0 amide bonds. The van der Waals surface area contributed by atoms with Crippen molar-refractivity contribution < 1.29 is 9.50 Å². The number of anilines is 1. The van der Waals surface area contributed by atoms with Crippen LogP contribution in [-0.2, 0) is 6.54 Å². The summed E-state index contributed by atoms with van der Waals surface area (Å²) in [5, 5.41) is 17.0. The Balaban J connectivity index is 1.84. The number of aromatic hydroxyl groups is 1. The molecule has 0 spiro atoms. The Bertz CT molecular complexity index is 743. The predicted octanol–water partition coefficient (Wildman–Crippen LogP) is 2.72. The van der Waals surface area contributed by atoms with Gasteiger partial charge in [0.25, 0.3) is 0 Å². The molecule has 2 heterocycles. The van der Waals surface area contributed by atoms with Crippen molar-refractivity contribution in [3.63, 3.8) is 0 Å². The third kappa shape index (κ3) is 2.84. The topological polar surface area (TPSA) is 63.0 Å². The van der Waals surface area contributed by atoms with E-state index < -0.39 is 0 Å². The lowest BCUT2D eigenvalue weighted by atomic mass is 10.2. The van der Waals surface area contributed by atoms with Crippen molar-refractivity contribution in [2.75, 3.05) is 5.32 Å². The van der Waals surface area contributed by atoms with Crippen LogP contribution >= 0.6 is 0 Å². The molecule has 0 saturated carbocycles. The minimum Gasteiger partial charge on any atom is -0.508 e. The average Bonchev–Trinajstić information content (AvgIpc) is 3.03. The van der Waals surface area contributed by atoms with E-state index in [-0.39, 0.29) is 18.1 Å². The van der Waals surface area contributed by atoms with E-state index in [1.54, 1.807) is 35.4 Å². The monoisotopic (exact) mass is 284 g/mol. The van der Waals surface area contributed by atoms with Crippen LogP contribution in [0.2, 0.25) is 0 Å². The molecule has 0 aliphatic heterocycles. The number of pyridine rings is 1. The molecule has 106 valence electrons. The molecule has 0 aliphatic carbocycles. The van der Waals surface area contributed by atoms with Gasteiger partial charge in [-0.3, -0.25) is 0 Å². The minimum absolute atomic E-state index is 0.0495. The molecular weight excluding hydrogens is 271 g/mol. The highest BCUT2D eigenvalue weighted by atomic mass is 19.1. The van der Waals surface area contributed by atoms with Gasteiger partial charge in [0.15, 0.2) is 5.82 Å². The van der Waals surface area contributed by atoms with Gasteiger partial charge in [-0.05, 0) is 36.4 Å². The Hall–Kier alpha value is -2.89. The van der Waals surface area contributed by atoms with Crippen LogP contribution in [0.4, 0.5) is 10.1 Å². The van der Waals surface area contributed by atoms with E-state index in [1.165, 1.54) is 18.2 Å². The standard InChI is InChI=1S/C15H13FN4O/c16-12-4-5-14(21)11(9-12)10-18-13-3-1-6-17-15(13)20-8-2-7-19-20/h1-9,18,21H,10H2. The number of phenolic OH excluding ortho intramolecular Hbond substituents is 1. The average molecular weight is 284 g/mol. The van der Waals surface area contributed by atoms with Crippen molar-refractivity contribution >= 4 is 5.69 Å². The second kappa shape index (κ2) is 5.62. The summed E-state index contributed by atoms with van der Waals surface area (Å²) in [7, 11) is 0. The normalized spacial score (nSPS) is 10.5. The molecule has 0 unspecified atom stereocenters. The van der Waals surface area contributed by atoms with Crippen LogP contribution in [0.5, 0.6) is 5.75 Å². The van der Waals surface area contributed by atoms with Crippen LogP contribution in [-0.4, -0.2) is 19.9 Å². The van der Waals surface area contributed by atoms with Crippen LogP contribution in [0.3, 0.4) is 0 Å².